The summed E-state index contributed by atoms with van der Waals surface area (Å²) < 4.78 is 26.5. The number of fused-ring (bicyclic) bond motifs is 1. The molecule has 3 N–H and O–H groups in total. The number of carbonyl (C=O) groups excluding carboxylic acids is 1. The topological polar surface area (TPSA) is 117 Å². The van der Waals surface area contributed by atoms with Gasteiger partial charge >= 0.3 is 0 Å². The minimum Gasteiger partial charge on any atom is -0.363 e. The van der Waals surface area contributed by atoms with Gasteiger partial charge in [0.1, 0.15) is 5.52 Å². The molecule has 25 heavy (non-hydrogen) atoms. The normalized spacial score (nSPS) is 12.9. The second kappa shape index (κ2) is 6.61. The van der Waals surface area contributed by atoms with Gasteiger partial charge in [-0.15, -0.1) is 0 Å². The molecule has 1 aromatic carbocycles. The van der Waals surface area contributed by atoms with Crippen LogP contribution in [0.5, 0.6) is 0 Å². The Morgan fingerprint density at radius 1 is 1.24 bits per heavy atom. The van der Waals surface area contributed by atoms with E-state index in [4.69, 9.17) is 0 Å². The number of aromatic amines is 1. The summed E-state index contributed by atoms with van der Waals surface area (Å²) in [5, 5.41) is 2.83. The number of nitrogens with zero attached hydrogens (tertiary/aromatic N) is 2. The van der Waals surface area contributed by atoms with Crippen molar-refractivity contribution >= 4 is 27.0 Å². The summed E-state index contributed by atoms with van der Waals surface area (Å²) in [5.41, 5.74) is 1.66. The third-order valence-corrected chi connectivity index (χ3v) is 5.20. The highest BCUT2D eigenvalue weighted by atomic mass is 32.2. The molecule has 3 rings (SSSR count). The summed E-state index contributed by atoms with van der Waals surface area (Å²) in [5.74, 6) is -0.430. The van der Waals surface area contributed by atoms with Crippen molar-refractivity contribution < 1.29 is 13.2 Å². The minimum atomic E-state index is -3.72. The molecule has 0 aliphatic carbocycles. The number of benzene rings is 1. The third kappa shape index (κ3) is 3.37. The summed E-state index contributed by atoms with van der Waals surface area (Å²) in [6, 6.07) is 6.10. The molecular formula is C16H17N5O3S. The summed E-state index contributed by atoms with van der Waals surface area (Å²) >= 11 is 0. The fourth-order valence-electron chi connectivity index (χ4n) is 2.46. The highest BCUT2D eigenvalue weighted by Gasteiger charge is 2.21. The van der Waals surface area contributed by atoms with Crippen LogP contribution in [0.2, 0.25) is 0 Å². The molecule has 1 amide bonds. The molecule has 8 nitrogen and oxygen atoms in total. The third-order valence-electron chi connectivity index (χ3n) is 3.81. The van der Waals surface area contributed by atoms with Gasteiger partial charge in [0.25, 0.3) is 5.91 Å². The first-order valence-electron chi connectivity index (χ1n) is 7.55. The zero-order valence-corrected chi connectivity index (χ0v) is 14.5. The van der Waals surface area contributed by atoms with Crippen molar-refractivity contribution in [1.29, 1.82) is 0 Å². The fraction of sp³-hybridized carbons (Fsp3) is 0.188. The summed E-state index contributed by atoms with van der Waals surface area (Å²) in [6.45, 7) is 1.83. The van der Waals surface area contributed by atoms with E-state index in [0.717, 1.165) is 5.69 Å². The predicted molar refractivity (Wildman–Crippen MR) is 92.5 cm³/mol. The van der Waals surface area contributed by atoms with E-state index < -0.39 is 15.9 Å². The van der Waals surface area contributed by atoms with Crippen LogP contribution in [0.25, 0.3) is 11.0 Å². The van der Waals surface area contributed by atoms with Gasteiger partial charge in [0.15, 0.2) is 0 Å². The van der Waals surface area contributed by atoms with Crippen molar-refractivity contribution in [3.63, 3.8) is 0 Å². The number of aromatic nitrogens is 3. The van der Waals surface area contributed by atoms with E-state index in [9.17, 15) is 13.2 Å². The van der Waals surface area contributed by atoms with Crippen LogP contribution in [0.1, 0.15) is 29.0 Å². The number of H-pyrrole nitrogens is 1. The molecule has 1 atom stereocenters. The van der Waals surface area contributed by atoms with E-state index in [1.54, 1.807) is 6.20 Å². The number of hydrogen-bond acceptors (Lipinski definition) is 5. The van der Waals surface area contributed by atoms with Crippen LogP contribution in [0.15, 0.2) is 47.8 Å². The smallest absolute Gasteiger partial charge is 0.254 e. The monoisotopic (exact) mass is 359 g/mol. The van der Waals surface area contributed by atoms with E-state index in [0.29, 0.717) is 11.0 Å². The largest absolute Gasteiger partial charge is 0.363 e. The maximum atomic E-state index is 12.7. The highest BCUT2D eigenvalue weighted by molar-refractivity contribution is 7.89. The fourth-order valence-corrected chi connectivity index (χ4v) is 3.24. The second-order valence-electron chi connectivity index (χ2n) is 5.42. The van der Waals surface area contributed by atoms with Gasteiger partial charge in [-0.25, -0.2) is 13.1 Å². The van der Waals surface area contributed by atoms with Crippen molar-refractivity contribution in [2.24, 2.45) is 0 Å². The number of rotatable bonds is 5. The molecule has 2 aromatic heterocycles. The molecule has 3 aromatic rings. The molecule has 0 spiro atoms. The number of carbonyl (C=O) groups is 1. The first-order valence-corrected chi connectivity index (χ1v) is 9.03. The molecule has 0 radical (unpaired) electrons. The van der Waals surface area contributed by atoms with Crippen LogP contribution in [0.4, 0.5) is 0 Å². The Labute approximate surface area is 144 Å². The van der Waals surface area contributed by atoms with Gasteiger partial charge in [0.2, 0.25) is 10.0 Å². The van der Waals surface area contributed by atoms with Crippen LogP contribution >= 0.6 is 0 Å². The Morgan fingerprint density at radius 3 is 2.68 bits per heavy atom. The lowest BCUT2D eigenvalue weighted by molar-refractivity contribution is 0.0940. The molecule has 1 unspecified atom stereocenters. The molecule has 0 fully saturated rings. The number of nitrogens with one attached hydrogen (secondary N) is 3. The summed E-state index contributed by atoms with van der Waals surface area (Å²) in [6.07, 6.45) is 4.67. The van der Waals surface area contributed by atoms with Crippen molar-refractivity contribution in [3.05, 3.63) is 54.1 Å². The first-order chi connectivity index (χ1) is 11.9. The van der Waals surface area contributed by atoms with Gasteiger partial charge in [0.05, 0.1) is 22.0 Å². The molecule has 0 saturated carbocycles. The van der Waals surface area contributed by atoms with E-state index >= 15 is 0 Å². The van der Waals surface area contributed by atoms with Gasteiger partial charge in [-0.2, -0.15) is 0 Å². The van der Waals surface area contributed by atoms with Crippen LogP contribution in [-0.2, 0) is 10.0 Å². The van der Waals surface area contributed by atoms with Gasteiger partial charge in [0, 0.05) is 24.3 Å². The van der Waals surface area contributed by atoms with Crippen LogP contribution in [-0.4, -0.2) is 36.3 Å². The Hall–Kier alpha value is -2.78. The second-order valence-corrected chi connectivity index (χ2v) is 7.31. The summed E-state index contributed by atoms with van der Waals surface area (Å²) in [7, 11) is -2.41. The number of sulfonamides is 1. The quantitative estimate of drug-likeness (QED) is 0.636. The Kier molecular flexibility index (Phi) is 4.51. The highest BCUT2D eigenvalue weighted by Crippen LogP contribution is 2.21. The first kappa shape index (κ1) is 17.1. The zero-order chi connectivity index (χ0) is 18.0. The van der Waals surface area contributed by atoms with Gasteiger partial charge < -0.3 is 10.3 Å². The summed E-state index contributed by atoms with van der Waals surface area (Å²) in [4.78, 5) is 24.0. The van der Waals surface area contributed by atoms with Crippen LogP contribution in [0, 0.1) is 0 Å². The lowest BCUT2D eigenvalue weighted by Crippen LogP contribution is -2.28. The van der Waals surface area contributed by atoms with Gasteiger partial charge in [-0.05, 0) is 38.2 Å². The van der Waals surface area contributed by atoms with Crippen LogP contribution < -0.4 is 10.0 Å². The van der Waals surface area contributed by atoms with Crippen molar-refractivity contribution in [2.45, 2.75) is 17.9 Å². The molecule has 0 bridgehead atoms. The standard InChI is InChI=1S/C16H17N5O3S/c1-10(13-4-3-5-18-13)21-16(22)12-8-11(25(23,24)17-2)9-14-15(12)20-7-6-19-14/h3-10,17-18H,1-2H3,(H,21,22). The van der Waals surface area contributed by atoms with E-state index in [2.05, 4.69) is 25.0 Å². The van der Waals surface area contributed by atoms with Crippen molar-refractivity contribution in [2.75, 3.05) is 7.05 Å². The molecule has 130 valence electrons. The van der Waals surface area contributed by atoms with E-state index in [1.807, 2.05) is 19.1 Å². The lowest BCUT2D eigenvalue weighted by atomic mass is 10.1. The van der Waals surface area contributed by atoms with E-state index in [1.165, 1.54) is 31.6 Å². The average Bonchev–Trinajstić information content (AvgIpc) is 3.15. The van der Waals surface area contributed by atoms with Crippen molar-refractivity contribution in [3.8, 4) is 0 Å². The maximum Gasteiger partial charge on any atom is 0.254 e. The number of amides is 1. The van der Waals surface area contributed by atoms with Gasteiger partial charge in [-0.3, -0.25) is 14.8 Å². The molecular weight excluding hydrogens is 342 g/mol. The molecule has 2 heterocycles. The van der Waals surface area contributed by atoms with Gasteiger partial charge in [-0.1, -0.05) is 0 Å². The van der Waals surface area contributed by atoms with E-state index in [-0.39, 0.29) is 16.5 Å². The SMILES string of the molecule is CNS(=O)(=O)c1cc(C(=O)NC(C)c2ccc[nH]2)c2nccnc2c1. The zero-order valence-electron chi connectivity index (χ0n) is 13.6. The Bertz CT molecular complexity index is 1020. The predicted octanol–water partition coefficient (Wildman–Crippen LogP) is 1.36. The molecule has 0 aliphatic heterocycles. The maximum absolute atomic E-state index is 12.7. The van der Waals surface area contributed by atoms with Crippen molar-refractivity contribution in [1.82, 2.24) is 25.0 Å². The molecule has 0 saturated heterocycles. The average molecular weight is 359 g/mol. The van der Waals surface area contributed by atoms with Crippen LogP contribution in [0.3, 0.4) is 0 Å². The molecule has 0 aliphatic rings. The lowest BCUT2D eigenvalue weighted by Gasteiger charge is -2.14. The Morgan fingerprint density at radius 2 is 2.00 bits per heavy atom. The minimum absolute atomic E-state index is 0.0410. The molecule has 9 heteroatoms. The Balaban J connectivity index is 2.06. The number of hydrogen-bond donors (Lipinski definition) is 3.